The zero-order valence-corrected chi connectivity index (χ0v) is 26.2. The molecule has 2 aromatic heterocycles. The van der Waals surface area contributed by atoms with E-state index in [9.17, 15) is 17.6 Å². The van der Waals surface area contributed by atoms with E-state index in [-0.39, 0.29) is 23.2 Å². The maximum absolute atomic E-state index is 15.1. The average Bonchev–Trinajstić information content (AvgIpc) is 3.28. The summed E-state index contributed by atoms with van der Waals surface area (Å²) in [4.78, 5) is 20.4. The van der Waals surface area contributed by atoms with Crippen molar-refractivity contribution in [1.29, 1.82) is 0 Å². The van der Waals surface area contributed by atoms with Crippen LogP contribution in [0.25, 0.3) is 32.9 Å². The van der Waals surface area contributed by atoms with Gasteiger partial charge in [0.25, 0.3) is 0 Å². The molecule has 6 aromatic rings. The first-order chi connectivity index (χ1) is 22.1. The Morgan fingerprint density at radius 2 is 1.74 bits per heavy atom. The Morgan fingerprint density at radius 1 is 0.913 bits per heavy atom. The lowest BCUT2D eigenvalue weighted by molar-refractivity contribution is -0.132. The molecule has 0 aliphatic carbocycles. The molecule has 0 fully saturated rings. The number of fused-ring (bicyclic) bond motifs is 3. The highest BCUT2D eigenvalue weighted by atomic mass is 32.2. The summed E-state index contributed by atoms with van der Waals surface area (Å²) in [6.45, 7) is 2.87. The van der Waals surface area contributed by atoms with Gasteiger partial charge in [-0.15, -0.1) is 0 Å². The van der Waals surface area contributed by atoms with Crippen LogP contribution >= 0.6 is 0 Å². The van der Waals surface area contributed by atoms with Gasteiger partial charge in [-0.3, -0.25) is 9.78 Å². The Hall–Kier alpha value is -4.89. The topological polar surface area (TPSA) is 72.3 Å². The maximum atomic E-state index is 15.1. The Bertz CT molecular complexity index is 2300. The molecule has 1 aliphatic rings. The average molecular weight is 636 g/mol. The molecule has 3 heterocycles. The fourth-order valence-corrected chi connectivity index (χ4v) is 7.23. The fraction of sp³-hybridized carbons (Fsp3) is 0.189. The Kier molecular flexibility index (Phi) is 7.44. The fourth-order valence-electron chi connectivity index (χ4n) is 6.59. The van der Waals surface area contributed by atoms with E-state index in [0.717, 1.165) is 62.2 Å². The first kappa shape index (κ1) is 29.8. The van der Waals surface area contributed by atoms with Crippen LogP contribution in [-0.2, 0) is 40.6 Å². The zero-order valence-electron chi connectivity index (χ0n) is 25.4. The van der Waals surface area contributed by atoms with Gasteiger partial charge in [-0.05, 0) is 78.1 Å². The molecule has 46 heavy (non-hydrogen) atoms. The number of carbonyl (C=O) groups is 1. The van der Waals surface area contributed by atoms with Crippen LogP contribution in [0.5, 0.6) is 0 Å². The first-order valence-electron chi connectivity index (χ1n) is 15.1. The molecule has 1 amide bonds. The van der Waals surface area contributed by atoms with Crippen LogP contribution in [0.3, 0.4) is 0 Å². The van der Waals surface area contributed by atoms with Crippen molar-refractivity contribution in [2.75, 3.05) is 12.8 Å². The van der Waals surface area contributed by atoms with Crippen molar-refractivity contribution < 1.29 is 22.0 Å². The zero-order chi connectivity index (χ0) is 32.2. The molecular weight excluding hydrogens is 604 g/mol. The van der Waals surface area contributed by atoms with Crippen molar-refractivity contribution in [2.45, 2.75) is 37.8 Å². The number of nitrogens with zero attached hydrogens (tertiary/aromatic N) is 3. The normalized spacial score (nSPS) is 13.3. The number of carbonyl (C=O) groups excluding carboxylic acids is 1. The summed E-state index contributed by atoms with van der Waals surface area (Å²) in [6, 6.07) is 26.2. The van der Waals surface area contributed by atoms with Crippen LogP contribution in [0.4, 0.5) is 8.78 Å². The number of hydrogen-bond donors (Lipinski definition) is 0. The second kappa shape index (κ2) is 11.5. The predicted octanol–water partition coefficient (Wildman–Crippen LogP) is 7.02. The van der Waals surface area contributed by atoms with Crippen molar-refractivity contribution in [3.63, 3.8) is 0 Å². The van der Waals surface area contributed by atoms with Gasteiger partial charge in [0.05, 0.1) is 10.4 Å². The lowest BCUT2D eigenvalue weighted by Crippen LogP contribution is -2.38. The van der Waals surface area contributed by atoms with Gasteiger partial charge >= 0.3 is 0 Å². The van der Waals surface area contributed by atoms with Crippen LogP contribution in [0.2, 0.25) is 0 Å². The van der Waals surface area contributed by atoms with Crippen molar-refractivity contribution >= 4 is 37.6 Å². The third kappa shape index (κ3) is 5.45. The molecule has 0 saturated heterocycles. The summed E-state index contributed by atoms with van der Waals surface area (Å²) in [5.74, 6) is -1.01. The lowest BCUT2D eigenvalue weighted by atomic mass is 9.90. The van der Waals surface area contributed by atoms with E-state index in [0.29, 0.717) is 37.1 Å². The standard InChI is InChI=1S/C37H31F2N3O3S/c1-23-32(19-27-12-10-24-6-3-4-9-35(24)40-27)33-18-26(38)11-15-36(33)42(23)22-37(43)41-17-16-29-25(21-41)7-5-8-30(29)31-14-13-28(20-34(31)39)46(2,44)45/h3-15,18,20H,16-17,19,21-22H2,1-2H3. The summed E-state index contributed by atoms with van der Waals surface area (Å²) in [5.41, 5.74) is 7.26. The smallest absolute Gasteiger partial charge is 0.242 e. The van der Waals surface area contributed by atoms with Gasteiger partial charge in [0.1, 0.15) is 18.2 Å². The van der Waals surface area contributed by atoms with Gasteiger partial charge in [-0.25, -0.2) is 17.2 Å². The second-order valence-corrected chi connectivity index (χ2v) is 13.9. The molecule has 232 valence electrons. The van der Waals surface area contributed by atoms with Crippen LogP contribution in [0.15, 0.2) is 95.9 Å². The first-order valence-corrected chi connectivity index (χ1v) is 17.0. The van der Waals surface area contributed by atoms with Crippen LogP contribution < -0.4 is 0 Å². The van der Waals surface area contributed by atoms with E-state index in [1.165, 1.54) is 24.3 Å². The summed E-state index contributed by atoms with van der Waals surface area (Å²) in [7, 11) is -3.53. The van der Waals surface area contributed by atoms with E-state index in [1.54, 1.807) is 11.0 Å². The van der Waals surface area contributed by atoms with Gasteiger partial charge in [-0.1, -0.05) is 48.5 Å². The molecule has 0 unspecified atom stereocenters. The van der Waals surface area contributed by atoms with Crippen molar-refractivity contribution in [3.05, 3.63) is 131 Å². The number of pyridine rings is 1. The SMILES string of the molecule is Cc1c(Cc2ccc3ccccc3n2)c2cc(F)ccc2n1CC(=O)N1CCc2c(cccc2-c2ccc(S(C)(=O)=O)cc2F)C1. The molecule has 0 bridgehead atoms. The van der Waals surface area contributed by atoms with Gasteiger partial charge in [-0.2, -0.15) is 0 Å². The number of rotatable bonds is 6. The molecule has 0 saturated carbocycles. The minimum Gasteiger partial charge on any atom is -0.336 e. The van der Waals surface area contributed by atoms with Gasteiger partial charge < -0.3 is 9.47 Å². The lowest BCUT2D eigenvalue weighted by Gasteiger charge is -2.31. The second-order valence-electron chi connectivity index (χ2n) is 11.9. The number of aromatic nitrogens is 2. The Balaban J connectivity index is 1.16. The summed E-state index contributed by atoms with van der Waals surface area (Å²) >= 11 is 0. The number of sulfone groups is 1. The molecule has 6 nitrogen and oxygen atoms in total. The van der Waals surface area contributed by atoms with E-state index in [4.69, 9.17) is 4.98 Å². The highest BCUT2D eigenvalue weighted by molar-refractivity contribution is 7.90. The monoisotopic (exact) mass is 635 g/mol. The van der Waals surface area contributed by atoms with E-state index in [1.807, 2.05) is 66.1 Å². The number of benzene rings is 4. The molecule has 0 spiro atoms. The maximum Gasteiger partial charge on any atom is 0.242 e. The molecule has 7 rings (SSSR count). The third-order valence-corrected chi connectivity index (χ3v) is 10.1. The summed E-state index contributed by atoms with van der Waals surface area (Å²) < 4.78 is 55.4. The van der Waals surface area contributed by atoms with Gasteiger partial charge in [0.2, 0.25) is 5.91 Å². The van der Waals surface area contributed by atoms with E-state index >= 15 is 4.39 Å². The van der Waals surface area contributed by atoms with Crippen LogP contribution in [0, 0.1) is 18.6 Å². The van der Waals surface area contributed by atoms with Crippen LogP contribution in [-0.4, -0.2) is 41.6 Å². The number of halogens is 2. The highest BCUT2D eigenvalue weighted by Crippen LogP contribution is 2.34. The van der Waals surface area contributed by atoms with Gasteiger partial charge in [0.15, 0.2) is 9.84 Å². The number of hydrogen-bond acceptors (Lipinski definition) is 4. The minimum atomic E-state index is -3.53. The molecule has 9 heteroatoms. The summed E-state index contributed by atoms with van der Waals surface area (Å²) in [5, 5.41) is 1.81. The van der Waals surface area contributed by atoms with Crippen LogP contribution in [0.1, 0.15) is 28.1 Å². The van der Waals surface area contributed by atoms with Gasteiger partial charge in [0, 0.05) is 59.0 Å². The molecular formula is C37H31F2N3O3S. The largest absolute Gasteiger partial charge is 0.336 e. The van der Waals surface area contributed by atoms with E-state index < -0.39 is 15.7 Å². The Morgan fingerprint density at radius 3 is 2.54 bits per heavy atom. The van der Waals surface area contributed by atoms with Crippen molar-refractivity contribution in [1.82, 2.24) is 14.5 Å². The van der Waals surface area contributed by atoms with Crippen molar-refractivity contribution in [2.24, 2.45) is 0 Å². The molecule has 0 N–H and O–H groups in total. The number of para-hydroxylation sites is 1. The highest BCUT2D eigenvalue weighted by Gasteiger charge is 2.26. The minimum absolute atomic E-state index is 0.0671. The third-order valence-electron chi connectivity index (χ3n) is 9.00. The quantitative estimate of drug-likeness (QED) is 0.197. The van der Waals surface area contributed by atoms with Crippen molar-refractivity contribution in [3.8, 4) is 11.1 Å². The predicted molar refractivity (Wildman–Crippen MR) is 175 cm³/mol. The Labute approximate surface area is 265 Å². The molecule has 1 aliphatic heterocycles. The molecule has 4 aromatic carbocycles. The van der Waals surface area contributed by atoms with E-state index in [2.05, 4.69) is 0 Å². The summed E-state index contributed by atoms with van der Waals surface area (Å²) in [6.07, 6.45) is 2.08. The number of amides is 1. The molecule has 0 radical (unpaired) electrons. The molecule has 0 atom stereocenters.